The Morgan fingerprint density at radius 2 is 1.41 bits per heavy atom. The lowest BCUT2D eigenvalue weighted by Crippen LogP contribution is -2.40. The zero-order chi connectivity index (χ0) is 44.3. The number of carbonyl (C=O) groups excluding carboxylic acids is 3. The van der Waals surface area contributed by atoms with Crippen LogP contribution in [0.3, 0.4) is 0 Å². The van der Waals surface area contributed by atoms with Crippen molar-refractivity contribution in [1.29, 1.82) is 0 Å². The molecule has 0 unspecified atom stereocenters. The minimum Gasteiger partial charge on any atom is -0.457 e. The van der Waals surface area contributed by atoms with Crippen LogP contribution >= 0.6 is 11.6 Å². The van der Waals surface area contributed by atoms with E-state index >= 15 is 0 Å². The summed E-state index contributed by atoms with van der Waals surface area (Å²) >= 11 is 5.66. The monoisotopic (exact) mass is 894 g/mol. The maximum absolute atomic E-state index is 13.2. The molecule has 1 aliphatic heterocycles. The van der Waals surface area contributed by atoms with Crippen molar-refractivity contribution >= 4 is 46.5 Å². The molecule has 2 aromatic carbocycles. The number of carbonyl (C=O) groups is 3. The molecule has 5 rings (SSSR count). The van der Waals surface area contributed by atoms with Crippen LogP contribution in [-0.4, -0.2) is 141 Å². The number of nitrogens with one attached hydrogen (secondary N) is 2. The fourth-order valence-electron chi connectivity index (χ4n) is 6.53. The van der Waals surface area contributed by atoms with Crippen LogP contribution in [-0.2, 0) is 33.2 Å². The predicted molar refractivity (Wildman–Crippen MR) is 237 cm³/mol. The Kier molecular flexibility index (Phi) is 21.7. The number of alkyl halides is 1. The molecule has 1 saturated heterocycles. The summed E-state index contributed by atoms with van der Waals surface area (Å²) in [6.45, 7) is 4.54. The highest BCUT2D eigenvalue weighted by Crippen LogP contribution is 2.35. The Bertz CT molecular complexity index is 1990. The molecule has 342 valence electrons. The van der Waals surface area contributed by atoms with Crippen molar-refractivity contribution < 1.29 is 47.5 Å². The van der Waals surface area contributed by atoms with Gasteiger partial charge in [-0.25, -0.2) is 24.2 Å². The number of nitrogen functional groups attached to an aromatic ring is 1. The lowest BCUT2D eigenvalue weighted by atomic mass is 10.1. The number of benzene rings is 2. The quantitative estimate of drug-likeness (QED) is 0.0344. The first-order valence-electron chi connectivity index (χ1n) is 21.4. The van der Waals surface area contributed by atoms with Crippen molar-refractivity contribution in [2.24, 2.45) is 0 Å². The number of rotatable bonds is 28. The van der Waals surface area contributed by atoms with Gasteiger partial charge in [0.25, 0.3) is 0 Å². The summed E-state index contributed by atoms with van der Waals surface area (Å²) in [5.41, 5.74) is 8.44. The molecule has 4 N–H and O–H groups in total. The molecule has 19 heteroatoms. The predicted octanol–water partition coefficient (Wildman–Crippen LogP) is 5.91. The van der Waals surface area contributed by atoms with E-state index in [1.807, 2.05) is 59.3 Å². The van der Waals surface area contributed by atoms with E-state index < -0.39 is 12.2 Å². The topological polar surface area (TPSA) is 213 Å². The second kappa shape index (κ2) is 28.2. The molecule has 0 aliphatic carbocycles. The largest absolute Gasteiger partial charge is 0.457 e. The number of alkyl carbamates (subject to hydrolysis) is 2. The van der Waals surface area contributed by atoms with Crippen molar-refractivity contribution in [1.82, 2.24) is 35.3 Å². The zero-order valence-electron chi connectivity index (χ0n) is 35.6. The molecular weight excluding hydrogens is 836 g/mol. The Balaban J connectivity index is 0.896. The van der Waals surface area contributed by atoms with Crippen LogP contribution in [0, 0.1) is 0 Å². The van der Waals surface area contributed by atoms with Crippen LogP contribution in [0.4, 0.5) is 15.4 Å². The number of piperidine rings is 1. The van der Waals surface area contributed by atoms with Gasteiger partial charge in [-0.15, -0.1) is 11.6 Å². The third-order valence-electron chi connectivity index (χ3n) is 9.66. The summed E-state index contributed by atoms with van der Waals surface area (Å²) in [7, 11) is 0. The first-order chi connectivity index (χ1) is 30.9. The number of nitrogens with two attached hydrogens (primary N) is 1. The highest BCUT2D eigenvalue weighted by atomic mass is 35.5. The normalized spacial score (nSPS) is 13.9. The summed E-state index contributed by atoms with van der Waals surface area (Å²) in [5, 5.41) is 10.8. The highest BCUT2D eigenvalue weighted by Gasteiger charge is 2.28. The Labute approximate surface area is 372 Å². The number of likely N-dealkylation sites (tertiary alicyclic amines) is 1. The number of hydrogen-bond donors (Lipinski definition) is 3. The van der Waals surface area contributed by atoms with E-state index in [2.05, 4.69) is 20.6 Å². The second-order valence-electron chi connectivity index (χ2n) is 14.3. The summed E-state index contributed by atoms with van der Waals surface area (Å²) in [6.07, 6.45) is 9.10. The highest BCUT2D eigenvalue weighted by molar-refractivity contribution is 6.17. The van der Waals surface area contributed by atoms with Crippen LogP contribution in [0.2, 0.25) is 0 Å². The van der Waals surface area contributed by atoms with Crippen molar-refractivity contribution in [2.45, 2.75) is 44.6 Å². The third-order valence-corrected chi connectivity index (χ3v) is 9.92. The molecule has 2 aromatic heterocycles. The molecule has 1 atom stereocenters. The zero-order valence-corrected chi connectivity index (χ0v) is 36.4. The standard InChI is InChI=1S/C44H59ClN8O10/c45-18-6-1-2-7-22-57-24-25-58-23-20-48-44(56)62-31-29-60-27-26-59-28-30-61-43(55)47-19-8-13-38(54)52-21-9-10-35(32-52)53-42-39(41(46)49-33-50-42)40(51-53)34-14-16-37(17-15-34)63-36-11-4-3-5-12-36/h3-5,8,11-17,33,35H,1-2,6-7,9-10,18-32H2,(H,47,55)(H,48,56)(H2,46,49,50)/b13-8+/t35-/m1/s1. The Hall–Kier alpha value is -5.53. The third kappa shape index (κ3) is 17.3. The Morgan fingerprint density at radius 1 is 0.762 bits per heavy atom. The van der Waals surface area contributed by atoms with E-state index in [-0.39, 0.29) is 58.1 Å². The number of fused-ring (bicyclic) bond motifs is 1. The number of amides is 3. The molecule has 0 radical (unpaired) electrons. The maximum Gasteiger partial charge on any atom is 0.407 e. The van der Waals surface area contributed by atoms with Gasteiger partial charge in [0.1, 0.15) is 42.6 Å². The first-order valence-corrected chi connectivity index (χ1v) is 21.9. The van der Waals surface area contributed by atoms with Gasteiger partial charge in [-0.3, -0.25) is 4.79 Å². The minimum atomic E-state index is -0.637. The van der Waals surface area contributed by atoms with E-state index in [0.29, 0.717) is 80.2 Å². The van der Waals surface area contributed by atoms with Crippen molar-refractivity contribution in [3.8, 4) is 22.8 Å². The lowest BCUT2D eigenvalue weighted by molar-refractivity contribution is -0.127. The minimum absolute atomic E-state index is 0.0352. The Morgan fingerprint density at radius 3 is 2.14 bits per heavy atom. The number of unbranched alkanes of at least 4 members (excludes halogenated alkanes) is 3. The van der Waals surface area contributed by atoms with E-state index in [0.717, 1.165) is 49.8 Å². The van der Waals surface area contributed by atoms with Gasteiger partial charge in [0.15, 0.2) is 5.65 Å². The molecule has 1 aliphatic rings. The van der Waals surface area contributed by atoms with Gasteiger partial charge in [-0.1, -0.05) is 37.1 Å². The number of nitrogens with zero attached hydrogens (tertiary/aromatic N) is 5. The average molecular weight is 895 g/mol. The fraction of sp³-hybridized carbons (Fsp3) is 0.500. The number of para-hydroxylation sites is 1. The van der Waals surface area contributed by atoms with Gasteiger partial charge in [0, 0.05) is 50.3 Å². The lowest BCUT2D eigenvalue weighted by Gasteiger charge is -2.32. The van der Waals surface area contributed by atoms with Crippen LogP contribution in [0.15, 0.2) is 73.1 Å². The molecule has 1 fully saturated rings. The van der Waals surface area contributed by atoms with E-state index in [1.54, 1.807) is 11.0 Å². The maximum atomic E-state index is 13.2. The molecule has 3 heterocycles. The van der Waals surface area contributed by atoms with Gasteiger partial charge in [-0.05, 0) is 62.1 Å². The fourth-order valence-corrected chi connectivity index (χ4v) is 6.72. The van der Waals surface area contributed by atoms with Gasteiger partial charge < -0.3 is 54.4 Å². The van der Waals surface area contributed by atoms with Crippen LogP contribution in [0.25, 0.3) is 22.3 Å². The summed E-state index contributed by atoms with van der Waals surface area (Å²) in [4.78, 5) is 47.6. The second-order valence-corrected chi connectivity index (χ2v) is 14.7. The molecular formula is C44H59ClN8O10. The SMILES string of the molecule is Nc1ncnc2c1c(-c1ccc(Oc3ccccc3)cc1)nn2[C@@H]1CCCN(C(=O)/C=C/CNC(=O)OCCOCCOCCOC(=O)NCCOCCOCCCCCCCl)C1. The summed E-state index contributed by atoms with van der Waals surface area (Å²) in [6, 6.07) is 17.0. The molecule has 63 heavy (non-hydrogen) atoms. The first kappa shape index (κ1) is 48.5. The number of hydrogen-bond acceptors (Lipinski definition) is 14. The van der Waals surface area contributed by atoms with E-state index in [4.69, 9.17) is 55.6 Å². The van der Waals surface area contributed by atoms with Crippen molar-refractivity contribution in [3.05, 3.63) is 73.1 Å². The molecule has 0 spiro atoms. The van der Waals surface area contributed by atoms with Crippen LogP contribution in [0.5, 0.6) is 11.5 Å². The molecule has 0 bridgehead atoms. The van der Waals surface area contributed by atoms with Crippen molar-refractivity contribution in [2.75, 3.05) is 104 Å². The summed E-state index contributed by atoms with van der Waals surface area (Å²) in [5.74, 6) is 2.26. The number of halogens is 1. The van der Waals surface area contributed by atoms with Gasteiger partial charge in [-0.2, -0.15) is 5.10 Å². The molecule has 3 amide bonds. The van der Waals surface area contributed by atoms with Gasteiger partial charge >= 0.3 is 12.2 Å². The molecule has 4 aromatic rings. The van der Waals surface area contributed by atoms with E-state index in [1.165, 1.54) is 12.4 Å². The molecule has 18 nitrogen and oxygen atoms in total. The number of aromatic nitrogens is 4. The average Bonchev–Trinajstić information content (AvgIpc) is 3.70. The summed E-state index contributed by atoms with van der Waals surface area (Å²) < 4.78 is 39.7. The number of ether oxygens (including phenoxy) is 7. The van der Waals surface area contributed by atoms with Crippen molar-refractivity contribution in [3.63, 3.8) is 0 Å². The smallest absolute Gasteiger partial charge is 0.407 e. The van der Waals surface area contributed by atoms with Crippen LogP contribution < -0.4 is 21.1 Å². The van der Waals surface area contributed by atoms with E-state index in [9.17, 15) is 14.4 Å². The number of anilines is 1. The molecule has 0 saturated carbocycles. The van der Waals surface area contributed by atoms with Crippen LogP contribution in [0.1, 0.15) is 44.6 Å². The van der Waals surface area contributed by atoms with Gasteiger partial charge in [0.2, 0.25) is 5.91 Å². The van der Waals surface area contributed by atoms with Gasteiger partial charge in [0.05, 0.1) is 57.7 Å².